The Morgan fingerprint density at radius 2 is 1.96 bits per heavy atom. The summed E-state index contributed by atoms with van der Waals surface area (Å²) >= 11 is 5.98. The molecule has 3 rings (SSSR count). The molecule has 148 valence electrons. The van der Waals surface area contributed by atoms with Crippen LogP contribution in [0.2, 0.25) is 5.15 Å². The minimum absolute atomic E-state index is 0.0941. The van der Waals surface area contributed by atoms with Gasteiger partial charge in [0.15, 0.2) is 5.15 Å². The fraction of sp³-hybridized carbons (Fsp3) is 0.400. The quantitative estimate of drug-likeness (QED) is 0.715. The van der Waals surface area contributed by atoms with Crippen molar-refractivity contribution in [2.45, 2.75) is 38.5 Å². The molecule has 1 aliphatic heterocycles. The first-order valence-electron chi connectivity index (χ1n) is 9.30. The Morgan fingerprint density at radius 3 is 2.75 bits per heavy atom. The number of piperidine rings is 1. The zero-order chi connectivity index (χ0) is 19.8. The standard InChI is InChI=1S/C20H23ClN4O3/c21-19-16(22-9-10-23-19)12-24-20(27)17-8-4-5-11-25(17)13-18(26)28-14-15-6-2-1-3-7-15/h1-3,6-7,9-10,17H,4-5,8,11-14H2,(H,24,27)/t17-/m0/s1. The molecule has 28 heavy (non-hydrogen) atoms. The van der Waals surface area contributed by atoms with Crippen molar-refractivity contribution in [2.75, 3.05) is 13.1 Å². The Labute approximate surface area is 169 Å². The van der Waals surface area contributed by atoms with Crippen LogP contribution in [0.3, 0.4) is 0 Å². The number of rotatable bonds is 7. The highest BCUT2D eigenvalue weighted by molar-refractivity contribution is 6.29. The van der Waals surface area contributed by atoms with Gasteiger partial charge in [0, 0.05) is 12.4 Å². The van der Waals surface area contributed by atoms with E-state index in [1.165, 1.54) is 12.4 Å². The van der Waals surface area contributed by atoms with Crippen LogP contribution in [0.5, 0.6) is 0 Å². The number of likely N-dealkylation sites (tertiary alicyclic amines) is 1. The molecule has 2 heterocycles. The van der Waals surface area contributed by atoms with Crippen LogP contribution in [0.25, 0.3) is 0 Å². The number of amides is 1. The SMILES string of the molecule is O=C(CN1CCCC[C@H]1C(=O)NCc1nccnc1Cl)OCc1ccccc1. The Balaban J connectivity index is 1.52. The molecule has 1 fully saturated rings. The van der Waals surface area contributed by atoms with E-state index in [4.69, 9.17) is 16.3 Å². The van der Waals surface area contributed by atoms with E-state index >= 15 is 0 Å². The first-order valence-corrected chi connectivity index (χ1v) is 9.68. The summed E-state index contributed by atoms with van der Waals surface area (Å²) in [4.78, 5) is 34.9. The van der Waals surface area contributed by atoms with Crippen LogP contribution in [-0.4, -0.2) is 45.9 Å². The summed E-state index contributed by atoms with van der Waals surface area (Å²) in [7, 11) is 0. The molecule has 1 amide bonds. The molecule has 0 saturated carbocycles. The summed E-state index contributed by atoms with van der Waals surface area (Å²) in [5, 5.41) is 3.12. The number of nitrogens with one attached hydrogen (secondary N) is 1. The average Bonchev–Trinajstić information content (AvgIpc) is 2.72. The van der Waals surface area contributed by atoms with E-state index in [-0.39, 0.29) is 42.8 Å². The van der Waals surface area contributed by atoms with Crippen molar-refractivity contribution in [3.8, 4) is 0 Å². The molecule has 0 spiro atoms. The lowest BCUT2D eigenvalue weighted by Gasteiger charge is -2.33. The van der Waals surface area contributed by atoms with Crippen LogP contribution in [0, 0.1) is 0 Å². The summed E-state index contributed by atoms with van der Waals surface area (Å²) in [5.41, 5.74) is 1.45. The van der Waals surface area contributed by atoms with E-state index in [1.807, 2.05) is 35.2 Å². The van der Waals surface area contributed by atoms with Gasteiger partial charge in [-0.2, -0.15) is 0 Å². The number of esters is 1. The van der Waals surface area contributed by atoms with Gasteiger partial charge < -0.3 is 10.1 Å². The normalized spacial score (nSPS) is 17.1. The highest BCUT2D eigenvalue weighted by Gasteiger charge is 2.30. The van der Waals surface area contributed by atoms with E-state index in [9.17, 15) is 9.59 Å². The molecule has 0 bridgehead atoms. The molecule has 1 aliphatic rings. The molecule has 1 saturated heterocycles. The number of carbonyl (C=O) groups is 2. The van der Waals surface area contributed by atoms with Crippen LogP contribution in [-0.2, 0) is 27.5 Å². The number of aromatic nitrogens is 2. The van der Waals surface area contributed by atoms with Gasteiger partial charge in [0.2, 0.25) is 5.91 Å². The number of benzene rings is 1. The Morgan fingerprint density at radius 1 is 1.18 bits per heavy atom. The molecular formula is C20H23ClN4O3. The van der Waals surface area contributed by atoms with Gasteiger partial charge in [0.25, 0.3) is 0 Å². The van der Waals surface area contributed by atoms with Crippen LogP contribution < -0.4 is 5.32 Å². The van der Waals surface area contributed by atoms with Crippen LogP contribution >= 0.6 is 11.6 Å². The zero-order valence-corrected chi connectivity index (χ0v) is 16.3. The number of ether oxygens (including phenoxy) is 1. The van der Waals surface area contributed by atoms with Crippen LogP contribution in [0.15, 0.2) is 42.7 Å². The van der Waals surface area contributed by atoms with Gasteiger partial charge in [-0.1, -0.05) is 48.4 Å². The molecule has 0 aliphatic carbocycles. The van der Waals surface area contributed by atoms with Gasteiger partial charge in [-0.3, -0.25) is 19.5 Å². The highest BCUT2D eigenvalue weighted by Crippen LogP contribution is 2.18. The van der Waals surface area contributed by atoms with Gasteiger partial charge in [-0.15, -0.1) is 0 Å². The van der Waals surface area contributed by atoms with Crippen molar-refractivity contribution in [3.05, 3.63) is 59.1 Å². The highest BCUT2D eigenvalue weighted by atomic mass is 35.5. The molecule has 1 aromatic heterocycles. The topological polar surface area (TPSA) is 84.4 Å². The van der Waals surface area contributed by atoms with E-state index in [0.717, 1.165) is 18.4 Å². The molecular weight excluding hydrogens is 380 g/mol. The predicted octanol–water partition coefficient (Wildman–Crippen LogP) is 2.34. The maximum atomic E-state index is 12.7. The third-order valence-electron chi connectivity index (χ3n) is 4.64. The molecule has 0 radical (unpaired) electrons. The second-order valence-electron chi connectivity index (χ2n) is 6.64. The summed E-state index contributed by atoms with van der Waals surface area (Å²) < 4.78 is 5.36. The third kappa shape index (κ3) is 5.74. The van der Waals surface area contributed by atoms with Gasteiger partial charge >= 0.3 is 5.97 Å². The van der Waals surface area contributed by atoms with Crippen molar-refractivity contribution in [1.82, 2.24) is 20.2 Å². The first-order chi connectivity index (χ1) is 13.6. The Hall–Kier alpha value is -2.51. The fourth-order valence-electron chi connectivity index (χ4n) is 3.18. The Kier molecular flexibility index (Phi) is 7.33. The lowest BCUT2D eigenvalue weighted by molar-refractivity contribution is -0.148. The van der Waals surface area contributed by atoms with Crippen molar-refractivity contribution in [3.63, 3.8) is 0 Å². The molecule has 8 heteroatoms. The monoisotopic (exact) mass is 402 g/mol. The van der Waals surface area contributed by atoms with Crippen LogP contribution in [0.4, 0.5) is 0 Å². The average molecular weight is 403 g/mol. The van der Waals surface area contributed by atoms with Gasteiger partial charge in [-0.25, -0.2) is 4.98 Å². The second kappa shape index (κ2) is 10.1. The summed E-state index contributed by atoms with van der Waals surface area (Å²) in [5.74, 6) is -0.474. The molecule has 1 atom stereocenters. The molecule has 7 nitrogen and oxygen atoms in total. The van der Waals surface area contributed by atoms with Crippen molar-refractivity contribution in [2.24, 2.45) is 0 Å². The number of hydrogen-bond acceptors (Lipinski definition) is 6. The molecule has 1 aromatic carbocycles. The smallest absolute Gasteiger partial charge is 0.320 e. The minimum Gasteiger partial charge on any atom is -0.460 e. The van der Waals surface area contributed by atoms with E-state index in [1.54, 1.807) is 0 Å². The third-order valence-corrected chi connectivity index (χ3v) is 4.96. The lowest BCUT2D eigenvalue weighted by atomic mass is 10.0. The maximum absolute atomic E-state index is 12.7. The van der Waals surface area contributed by atoms with Gasteiger partial charge in [-0.05, 0) is 24.9 Å². The van der Waals surface area contributed by atoms with Crippen molar-refractivity contribution < 1.29 is 14.3 Å². The fourth-order valence-corrected chi connectivity index (χ4v) is 3.36. The Bertz CT molecular complexity index is 803. The lowest BCUT2D eigenvalue weighted by Crippen LogP contribution is -2.51. The zero-order valence-electron chi connectivity index (χ0n) is 15.5. The molecule has 0 unspecified atom stereocenters. The van der Waals surface area contributed by atoms with E-state index in [2.05, 4.69) is 15.3 Å². The largest absolute Gasteiger partial charge is 0.460 e. The molecule has 2 aromatic rings. The summed E-state index contributed by atoms with van der Waals surface area (Å²) in [6.07, 6.45) is 5.62. The number of carbonyl (C=O) groups excluding carboxylic acids is 2. The van der Waals surface area contributed by atoms with E-state index in [0.29, 0.717) is 18.7 Å². The summed E-state index contributed by atoms with van der Waals surface area (Å²) in [6.45, 7) is 1.21. The number of hydrogen-bond donors (Lipinski definition) is 1. The minimum atomic E-state index is -0.367. The van der Waals surface area contributed by atoms with Crippen LogP contribution in [0.1, 0.15) is 30.5 Å². The van der Waals surface area contributed by atoms with E-state index < -0.39 is 0 Å². The van der Waals surface area contributed by atoms with Gasteiger partial charge in [0.05, 0.1) is 24.8 Å². The first kappa shape index (κ1) is 20.2. The van der Waals surface area contributed by atoms with Crippen molar-refractivity contribution >= 4 is 23.5 Å². The number of nitrogens with zero attached hydrogens (tertiary/aromatic N) is 3. The van der Waals surface area contributed by atoms with Gasteiger partial charge in [0.1, 0.15) is 6.61 Å². The van der Waals surface area contributed by atoms with Crippen molar-refractivity contribution in [1.29, 1.82) is 0 Å². The number of halogens is 1. The predicted molar refractivity (Wildman–Crippen MR) is 104 cm³/mol. The second-order valence-corrected chi connectivity index (χ2v) is 7.00. The summed E-state index contributed by atoms with van der Waals surface area (Å²) in [6, 6.07) is 9.16. The molecule has 1 N–H and O–H groups in total. The maximum Gasteiger partial charge on any atom is 0.320 e.